The quantitative estimate of drug-likeness (QED) is 0.718. The highest BCUT2D eigenvalue weighted by atomic mass is 16.7. The monoisotopic (exact) mass is 411 g/mol. The molecule has 8 heteroatoms. The Bertz CT molecular complexity index is 1060. The van der Waals surface area contributed by atoms with E-state index in [1.165, 1.54) is 21.3 Å². The van der Waals surface area contributed by atoms with Crippen LogP contribution in [-0.4, -0.2) is 51.4 Å². The van der Waals surface area contributed by atoms with E-state index in [9.17, 15) is 9.59 Å². The number of hydrogen-bond acceptors (Lipinski definition) is 7. The zero-order valence-corrected chi connectivity index (χ0v) is 16.9. The van der Waals surface area contributed by atoms with E-state index in [0.717, 1.165) is 11.1 Å². The van der Waals surface area contributed by atoms with Crippen LogP contribution in [0.1, 0.15) is 39.0 Å². The summed E-state index contributed by atoms with van der Waals surface area (Å²) in [4.78, 5) is 28.2. The number of carbonyl (C=O) groups is 2. The van der Waals surface area contributed by atoms with Crippen LogP contribution >= 0.6 is 0 Å². The number of esters is 1. The molecular weight excluding hydrogens is 390 g/mol. The molecule has 0 saturated carbocycles. The van der Waals surface area contributed by atoms with Crippen molar-refractivity contribution >= 4 is 11.9 Å². The Kier molecular flexibility index (Phi) is 4.23. The Labute approximate surface area is 173 Å². The maximum Gasteiger partial charge on any atom is 0.315 e. The summed E-state index contributed by atoms with van der Waals surface area (Å²) < 4.78 is 27.0. The first kappa shape index (κ1) is 18.6. The molecule has 2 atom stereocenters. The minimum Gasteiger partial charge on any atom is -0.493 e. The molecule has 0 radical (unpaired) electrons. The Morgan fingerprint density at radius 1 is 1.00 bits per heavy atom. The summed E-state index contributed by atoms with van der Waals surface area (Å²) in [6.07, 6.45) is 0.657. The van der Waals surface area contributed by atoms with Crippen LogP contribution < -0.4 is 18.9 Å². The standard InChI is InChI=1S/C22H21NO7/c1-26-15-8-13-14(9-16(15)27-2)21(24)23-5-4-11-6-17-18(30-10-29-17)7-12(11)20(23)19(13)22(25)28-3/h6-9,19-20H,4-5,10H2,1-3H3/t19-,20-/m0/s1. The third-order valence-corrected chi connectivity index (χ3v) is 6.06. The highest BCUT2D eigenvalue weighted by Crippen LogP contribution is 2.50. The number of ether oxygens (including phenoxy) is 5. The lowest BCUT2D eigenvalue weighted by Gasteiger charge is -2.44. The summed E-state index contributed by atoms with van der Waals surface area (Å²) in [7, 11) is 4.38. The van der Waals surface area contributed by atoms with Gasteiger partial charge >= 0.3 is 5.97 Å². The van der Waals surface area contributed by atoms with Crippen molar-refractivity contribution in [3.05, 3.63) is 46.5 Å². The average Bonchev–Trinajstić information content (AvgIpc) is 3.23. The van der Waals surface area contributed by atoms with Crippen LogP contribution in [-0.2, 0) is 16.0 Å². The number of methoxy groups -OCH3 is 3. The van der Waals surface area contributed by atoms with Gasteiger partial charge < -0.3 is 28.6 Å². The van der Waals surface area contributed by atoms with Crippen LogP contribution in [0.3, 0.4) is 0 Å². The molecule has 1 amide bonds. The molecule has 5 rings (SSSR count). The van der Waals surface area contributed by atoms with Crippen molar-refractivity contribution in [3.8, 4) is 23.0 Å². The molecule has 0 saturated heterocycles. The number of hydrogen-bond donors (Lipinski definition) is 0. The third kappa shape index (κ3) is 2.52. The molecule has 2 aromatic rings. The number of benzene rings is 2. The fourth-order valence-electron chi connectivity index (χ4n) is 4.67. The van der Waals surface area contributed by atoms with Gasteiger partial charge in [-0.25, -0.2) is 0 Å². The van der Waals surface area contributed by atoms with Crippen molar-refractivity contribution in [1.29, 1.82) is 0 Å². The maximum absolute atomic E-state index is 13.4. The van der Waals surface area contributed by atoms with Crippen molar-refractivity contribution in [2.75, 3.05) is 34.7 Å². The van der Waals surface area contributed by atoms with E-state index in [1.807, 2.05) is 12.1 Å². The van der Waals surface area contributed by atoms with E-state index in [1.54, 1.807) is 17.0 Å². The summed E-state index contributed by atoms with van der Waals surface area (Å²) in [5, 5.41) is 0. The molecule has 0 bridgehead atoms. The number of amides is 1. The number of rotatable bonds is 3. The predicted octanol–water partition coefficient (Wildman–Crippen LogP) is 2.44. The van der Waals surface area contributed by atoms with Gasteiger partial charge in [0.15, 0.2) is 23.0 Å². The van der Waals surface area contributed by atoms with Crippen molar-refractivity contribution in [3.63, 3.8) is 0 Å². The van der Waals surface area contributed by atoms with E-state index in [-0.39, 0.29) is 12.7 Å². The molecule has 2 aromatic carbocycles. The summed E-state index contributed by atoms with van der Waals surface area (Å²) in [6, 6.07) is 6.65. The second kappa shape index (κ2) is 6.83. The molecule has 3 aliphatic heterocycles. The van der Waals surface area contributed by atoms with Gasteiger partial charge in [-0.05, 0) is 47.4 Å². The zero-order chi connectivity index (χ0) is 21.0. The third-order valence-electron chi connectivity index (χ3n) is 6.06. The van der Waals surface area contributed by atoms with Crippen LogP contribution in [0.25, 0.3) is 0 Å². The van der Waals surface area contributed by atoms with Gasteiger partial charge in [0.2, 0.25) is 6.79 Å². The molecule has 0 unspecified atom stereocenters. The molecule has 0 aromatic heterocycles. The van der Waals surface area contributed by atoms with Crippen LogP contribution in [0.2, 0.25) is 0 Å². The van der Waals surface area contributed by atoms with Crippen molar-refractivity contribution in [1.82, 2.24) is 4.90 Å². The molecule has 3 heterocycles. The second-order valence-corrected chi connectivity index (χ2v) is 7.39. The van der Waals surface area contributed by atoms with Crippen LogP contribution in [0.5, 0.6) is 23.0 Å². The fourth-order valence-corrected chi connectivity index (χ4v) is 4.67. The number of nitrogens with zero attached hydrogens (tertiary/aromatic N) is 1. The largest absolute Gasteiger partial charge is 0.493 e. The van der Waals surface area contributed by atoms with E-state index >= 15 is 0 Å². The van der Waals surface area contributed by atoms with Gasteiger partial charge in [-0.15, -0.1) is 0 Å². The lowest BCUT2D eigenvalue weighted by molar-refractivity contribution is -0.144. The molecule has 30 heavy (non-hydrogen) atoms. The average molecular weight is 411 g/mol. The van der Waals surface area contributed by atoms with Gasteiger partial charge in [0, 0.05) is 12.1 Å². The zero-order valence-electron chi connectivity index (χ0n) is 16.9. The molecule has 156 valence electrons. The summed E-state index contributed by atoms with van der Waals surface area (Å²) >= 11 is 0. The van der Waals surface area contributed by atoms with Crippen LogP contribution in [0.15, 0.2) is 24.3 Å². The Balaban J connectivity index is 1.73. The van der Waals surface area contributed by atoms with Gasteiger partial charge in [0.05, 0.1) is 27.4 Å². The summed E-state index contributed by atoms with van der Waals surface area (Å²) in [5.41, 5.74) is 2.89. The fraction of sp³-hybridized carbons (Fsp3) is 0.364. The highest BCUT2D eigenvalue weighted by Gasteiger charge is 2.48. The van der Waals surface area contributed by atoms with E-state index in [4.69, 9.17) is 23.7 Å². The number of fused-ring (bicyclic) bond motifs is 5. The van der Waals surface area contributed by atoms with Gasteiger partial charge in [0.25, 0.3) is 5.91 Å². The molecule has 0 fully saturated rings. The highest BCUT2D eigenvalue weighted by molar-refractivity contribution is 6.01. The maximum atomic E-state index is 13.4. The molecular formula is C22H21NO7. The van der Waals surface area contributed by atoms with Gasteiger partial charge in [-0.2, -0.15) is 0 Å². The minimum atomic E-state index is -0.707. The summed E-state index contributed by atoms with van der Waals surface area (Å²) in [5.74, 6) is 0.911. The van der Waals surface area contributed by atoms with E-state index in [2.05, 4.69) is 0 Å². The van der Waals surface area contributed by atoms with Crippen molar-refractivity contribution < 1.29 is 33.3 Å². The lowest BCUT2D eigenvalue weighted by Crippen LogP contribution is -2.48. The SMILES string of the molecule is COC(=O)[C@H]1c2cc(OC)c(OC)cc2C(=O)N2CCc3cc4c(cc3[C@@H]12)OCO4. The van der Waals surface area contributed by atoms with Crippen molar-refractivity contribution in [2.24, 2.45) is 0 Å². The van der Waals surface area contributed by atoms with Crippen LogP contribution in [0.4, 0.5) is 0 Å². The predicted molar refractivity (Wildman–Crippen MR) is 104 cm³/mol. The summed E-state index contributed by atoms with van der Waals surface area (Å²) in [6.45, 7) is 0.642. The normalized spacial score (nSPS) is 20.8. The Morgan fingerprint density at radius 3 is 2.40 bits per heavy atom. The van der Waals surface area contributed by atoms with Gasteiger partial charge in [-0.1, -0.05) is 0 Å². The van der Waals surface area contributed by atoms with Crippen molar-refractivity contribution in [2.45, 2.75) is 18.4 Å². The first-order chi connectivity index (χ1) is 14.6. The number of carbonyl (C=O) groups excluding carboxylic acids is 2. The molecule has 0 N–H and O–H groups in total. The smallest absolute Gasteiger partial charge is 0.315 e. The molecule has 8 nitrogen and oxygen atoms in total. The second-order valence-electron chi connectivity index (χ2n) is 7.39. The minimum absolute atomic E-state index is 0.153. The lowest BCUT2D eigenvalue weighted by atomic mass is 9.76. The van der Waals surface area contributed by atoms with Gasteiger partial charge in [0.1, 0.15) is 5.92 Å². The van der Waals surface area contributed by atoms with E-state index in [0.29, 0.717) is 47.1 Å². The van der Waals surface area contributed by atoms with E-state index < -0.39 is 17.9 Å². The molecule has 0 spiro atoms. The topological polar surface area (TPSA) is 83.5 Å². The molecule has 0 aliphatic carbocycles. The van der Waals surface area contributed by atoms with Crippen LogP contribution in [0, 0.1) is 0 Å². The Hall–Kier alpha value is -3.42. The molecule has 3 aliphatic rings. The first-order valence-electron chi connectivity index (χ1n) is 9.64. The van der Waals surface area contributed by atoms with Gasteiger partial charge in [-0.3, -0.25) is 9.59 Å². The first-order valence-corrected chi connectivity index (χ1v) is 9.64. The Morgan fingerprint density at radius 2 is 1.70 bits per heavy atom.